The van der Waals surface area contributed by atoms with Crippen LogP contribution in [0, 0.1) is 11.8 Å². The van der Waals surface area contributed by atoms with E-state index in [0.29, 0.717) is 25.0 Å². The second-order valence-electron chi connectivity index (χ2n) is 10.0. The van der Waals surface area contributed by atoms with Crippen molar-refractivity contribution in [3.8, 4) is 5.75 Å². The molecular formula is C24H32F2N4O3. The smallest absolute Gasteiger partial charge is 0.265 e. The van der Waals surface area contributed by atoms with Crippen LogP contribution in [0.4, 0.5) is 8.78 Å². The van der Waals surface area contributed by atoms with E-state index in [-0.39, 0.29) is 24.8 Å². The summed E-state index contributed by atoms with van der Waals surface area (Å²) in [5.74, 6) is -6.48. The predicted molar refractivity (Wildman–Crippen MR) is 120 cm³/mol. The van der Waals surface area contributed by atoms with Crippen LogP contribution in [0.3, 0.4) is 0 Å². The number of hydrogen-bond donors (Lipinski definition) is 2. The van der Waals surface area contributed by atoms with E-state index in [0.717, 1.165) is 10.5 Å². The standard InChI is InChI=1S/C24H32F2N4O3/c1-5-23(6-2)12-18(31)30(21(27)29-23)13-15-19(24(15,25)26)20(32)28-16-11-22(3,4)33-17-10-8-7-9-14(16)17/h7-10,15-16,19H,5-6,11-13H2,1-4H3,(H2,27,29)(H,28,32)/t15?,16-,19?/m0/s1. The van der Waals surface area contributed by atoms with Crippen LogP contribution in [0.5, 0.6) is 5.75 Å². The van der Waals surface area contributed by atoms with Gasteiger partial charge in [0.05, 0.1) is 23.9 Å². The minimum atomic E-state index is -3.21. The largest absolute Gasteiger partial charge is 0.487 e. The number of amides is 2. The van der Waals surface area contributed by atoms with Crippen molar-refractivity contribution in [2.75, 3.05) is 6.54 Å². The van der Waals surface area contributed by atoms with Gasteiger partial charge in [0, 0.05) is 18.5 Å². The first-order chi connectivity index (χ1) is 15.4. The van der Waals surface area contributed by atoms with Crippen molar-refractivity contribution in [3.63, 3.8) is 0 Å². The molecular weight excluding hydrogens is 430 g/mol. The number of benzene rings is 1. The van der Waals surface area contributed by atoms with E-state index in [1.807, 2.05) is 45.9 Å². The van der Waals surface area contributed by atoms with E-state index in [2.05, 4.69) is 10.3 Å². The van der Waals surface area contributed by atoms with E-state index < -0.39 is 40.8 Å². The molecule has 3 aliphatic rings. The summed E-state index contributed by atoms with van der Waals surface area (Å²) in [6.07, 6.45) is 1.86. The molecule has 0 bridgehead atoms. The van der Waals surface area contributed by atoms with E-state index in [1.54, 1.807) is 6.07 Å². The molecule has 1 aromatic carbocycles. The average molecular weight is 463 g/mol. The van der Waals surface area contributed by atoms with Gasteiger partial charge in [0.25, 0.3) is 5.92 Å². The Morgan fingerprint density at radius 1 is 1.27 bits per heavy atom. The monoisotopic (exact) mass is 462 g/mol. The lowest BCUT2D eigenvalue weighted by Gasteiger charge is -2.38. The molecule has 2 unspecified atom stereocenters. The van der Waals surface area contributed by atoms with Crippen LogP contribution >= 0.6 is 0 Å². The Morgan fingerprint density at radius 2 is 1.94 bits per heavy atom. The number of hydrogen-bond acceptors (Lipinski definition) is 5. The average Bonchev–Trinajstić information content (AvgIpc) is 3.29. The maximum absolute atomic E-state index is 14.7. The lowest BCUT2D eigenvalue weighted by molar-refractivity contribution is -0.130. The van der Waals surface area contributed by atoms with E-state index >= 15 is 0 Å². The Morgan fingerprint density at radius 3 is 2.58 bits per heavy atom. The van der Waals surface area contributed by atoms with Crippen molar-refractivity contribution in [3.05, 3.63) is 29.8 Å². The van der Waals surface area contributed by atoms with Crippen LogP contribution in [0.15, 0.2) is 29.3 Å². The Balaban J connectivity index is 1.48. The van der Waals surface area contributed by atoms with Crippen molar-refractivity contribution in [1.82, 2.24) is 10.2 Å². The van der Waals surface area contributed by atoms with Gasteiger partial charge in [-0.25, -0.2) is 13.8 Å². The van der Waals surface area contributed by atoms with Crippen molar-refractivity contribution < 1.29 is 23.1 Å². The lowest BCUT2D eigenvalue weighted by Crippen LogP contribution is -2.52. The minimum absolute atomic E-state index is 0.0445. The summed E-state index contributed by atoms with van der Waals surface area (Å²) < 4.78 is 35.4. The Labute approximate surface area is 192 Å². The summed E-state index contributed by atoms with van der Waals surface area (Å²) in [5, 5.41) is 2.81. The molecule has 2 aliphatic heterocycles. The molecule has 2 heterocycles. The first-order valence-corrected chi connectivity index (χ1v) is 11.5. The fraction of sp³-hybridized carbons (Fsp3) is 0.625. The molecule has 9 heteroatoms. The summed E-state index contributed by atoms with van der Waals surface area (Å²) in [6.45, 7) is 7.32. The second kappa shape index (κ2) is 7.95. The Kier molecular flexibility index (Phi) is 5.65. The van der Waals surface area contributed by atoms with Crippen LogP contribution in [0.25, 0.3) is 0 Å². The quantitative estimate of drug-likeness (QED) is 0.677. The molecule has 1 fully saturated rings. The highest BCUT2D eigenvalue weighted by molar-refractivity contribution is 5.99. The second-order valence-corrected chi connectivity index (χ2v) is 10.0. The van der Waals surface area contributed by atoms with Crippen molar-refractivity contribution in [1.29, 1.82) is 0 Å². The number of nitrogens with one attached hydrogen (secondary N) is 1. The highest BCUT2D eigenvalue weighted by Gasteiger charge is 2.72. The predicted octanol–water partition coefficient (Wildman–Crippen LogP) is 3.39. The number of ether oxygens (including phenoxy) is 1. The van der Waals surface area contributed by atoms with Gasteiger partial charge in [-0.2, -0.15) is 0 Å². The number of halogens is 2. The number of carbonyl (C=O) groups is 2. The Bertz CT molecular complexity index is 990. The first kappa shape index (κ1) is 23.4. The maximum Gasteiger partial charge on any atom is 0.265 e. The van der Waals surface area contributed by atoms with E-state index in [9.17, 15) is 18.4 Å². The summed E-state index contributed by atoms with van der Waals surface area (Å²) >= 11 is 0. The lowest BCUT2D eigenvalue weighted by atomic mass is 9.88. The molecule has 3 atom stereocenters. The third-order valence-electron chi connectivity index (χ3n) is 7.28. The summed E-state index contributed by atoms with van der Waals surface area (Å²) in [7, 11) is 0. The number of fused-ring (bicyclic) bond motifs is 1. The molecule has 180 valence electrons. The summed E-state index contributed by atoms with van der Waals surface area (Å²) in [4.78, 5) is 31.2. The molecule has 1 aliphatic carbocycles. The first-order valence-electron chi connectivity index (χ1n) is 11.5. The molecule has 0 aromatic heterocycles. The van der Waals surface area contributed by atoms with Crippen LogP contribution in [0.1, 0.15) is 65.0 Å². The highest BCUT2D eigenvalue weighted by Crippen LogP contribution is 2.56. The van der Waals surface area contributed by atoms with Gasteiger partial charge in [-0.3, -0.25) is 14.5 Å². The van der Waals surface area contributed by atoms with Gasteiger partial charge in [-0.1, -0.05) is 32.0 Å². The summed E-state index contributed by atoms with van der Waals surface area (Å²) in [6, 6.07) is 6.85. The number of nitrogens with zero attached hydrogens (tertiary/aromatic N) is 2. The van der Waals surface area contributed by atoms with Crippen molar-refractivity contribution in [2.45, 2.75) is 76.5 Å². The zero-order valence-electron chi connectivity index (χ0n) is 19.5. The van der Waals surface area contributed by atoms with Crippen molar-refractivity contribution in [2.24, 2.45) is 22.6 Å². The maximum atomic E-state index is 14.7. The summed E-state index contributed by atoms with van der Waals surface area (Å²) in [5.41, 5.74) is 5.65. The van der Waals surface area contributed by atoms with Gasteiger partial charge in [0.15, 0.2) is 5.96 Å². The third kappa shape index (κ3) is 4.17. The normalized spacial score (nSPS) is 28.9. The van der Waals surface area contributed by atoms with Crippen LogP contribution in [-0.4, -0.2) is 46.3 Å². The third-order valence-corrected chi connectivity index (χ3v) is 7.28. The molecule has 1 aromatic rings. The molecule has 0 radical (unpaired) electrons. The topological polar surface area (TPSA) is 97.0 Å². The van der Waals surface area contributed by atoms with Gasteiger partial charge in [0.1, 0.15) is 17.3 Å². The van der Waals surface area contributed by atoms with Gasteiger partial charge in [-0.05, 0) is 32.8 Å². The number of para-hydroxylation sites is 1. The van der Waals surface area contributed by atoms with Gasteiger partial charge in [0.2, 0.25) is 11.8 Å². The zero-order chi connectivity index (χ0) is 24.2. The molecule has 1 saturated carbocycles. The fourth-order valence-corrected chi connectivity index (χ4v) is 5.07. The number of alkyl halides is 2. The minimum Gasteiger partial charge on any atom is -0.487 e. The van der Waals surface area contributed by atoms with Gasteiger partial charge < -0.3 is 15.8 Å². The molecule has 4 rings (SSSR count). The number of rotatable bonds is 6. The van der Waals surface area contributed by atoms with Gasteiger partial charge in [-0.15, -0.1) is 0 Å². The number of aliphatic imine (C=N–C) groups is 1. The molecule has 2 amide bonds. The Hall–Kier alpha value is -2.71. The number of guanidine groups is 1. The highest BCUT2D eigenvalue weighted by atomic mass is 19.3. The zero-order valence-corrected chi connectivity index (χ0v) is 19.5. The molecule has 3 N–H and O–H groups in total. The van der Waals surface area contributed by atoms with Crippen LogP contribution in [0.2, 0.25) is 0 Å². The van der Waals surface area contributed by atoms with Gasteiger partial charge >= 0.3 is 0 Å². The fourth-order valence-electron chi connectivity index (χ4n) is 5.07. The van der Waals surface area contributed by atoms with Crippen molar-refractivity contribution >= 4 is 17.8 Å². The SMILES string of the molecule is CCC1(CC)CC(=O)N(CC2C(C(=O)N[C@H]3CC(C)(C)Oc4ccccc43)C2(F)F)C(N)=N1. The van der Waals surface area contributed by atoms with Crippen LogP contribution < -0.4 is 15.8 Å². The van der Waals surface area contributed by atoms with E-state index in [4.69, 9.17) is 10.5 Å². The molecule has 7 nitrogen and oxygen atoms in total. The molecule has 33 heavy (non-hydrogen) atoms. The number of carbonyl (C=O) groups excluding carboxylic acids is 2. The van der Waals surface area contributed by atoms with Crippen LogP contribution in [-0.2, 0) is 9.59 Å². The molecule has 0 spiro atoms. The number of nitrogens with two attached hydrogens (primary N) is 1. The molecule has 0 saturated heterocycles. The van der Waals surface area contributed by atoms with E-state index in [1.165, 1.54) is 0 Å².